The van der Waals surface area contributed by atoms with Crippen LogP contribution in [0.3, 0.4) is 0 Å². The minimum atomic E-state index is 0.0562. The zero-order valence-electron chi connectivity index (χ0n) is 14.1. The fourth-order valence-electron chi connectivity index (χ4n) is 4.68. The van der Waals surface area contributed by atoms with Crippen molar-refractivity contribution in [1.29, 1.82) is 0 Å². The van der Waals surface area contributed by atoms with Crippen LogP contribution in [0.4, 0.5) is 0 Å². The third-order valence-corrected chi connectivity index (χ3v) is 9.41. The number of fused-ring (bicyclic) bond motifs is 8. The number of benzene rings is 2. The monoisotopic (exact) mass is 434 g/mol. The van der Waals surface area contributed by atoms with Crippen LogP contribution in [-0.2, 0) is 0 Å². The van der Waals surface area contributed by atoms with Crippen LogP contribution in [0.2, 0.25) is 0 Å². The standard InChI is InChI=1S/C23H15BrS2/c1-23-16-10-4-2-7-13(16)19-15-9-6-11-17(24)21(15)25-22(19)20(23)14-8-3-5-12-18(14)26-23/h2-12,16H,1H3. The Balaban J connectivity index is 1.92. The molecule has 3 aromatic rings. The Morgan fingerprint density at radius 2 is 1.92 bits per heavy atom. The van der Waals surface area contributed by atoms with E-state index in [-0.39, 0.29) is 4.75 Å². The molecule has 0 bridgehead atoms. The van der Waals surface area contributed by atoms with Gasteiger partial charge in [0, 0.05) is 35.1 Å². The van der Waals surface area contributed by atoms with E-state index in [4.69, 9.17) is 0 Å². The first kappa shape index (κ1) is 15.5. The molecule has 2 aliphatic carbocycles. The normalized spacial score (nSPS) is 25.2. The highest BCUT2D eigenvalue weighted by Gasteiger charge is 2.48. The van der Waals surface area contributed by atoms with Gasteiger partial charge in [-0.15, -0.1) is 23.1 Å². The molecule has 2 heterocycles. The summed E-state index contributed by atoms with van der Waals surface area (Å²) in [5.41, 5.74) is 4.42. The van der Waals surface area contributed by atoms with Crippen LogP contribution in [0.5, 0.6) is 0 Å². The van der Waals surface area contributed by atoms with E-state index < -0.39 is 0 Å². The summed E-state index contributed by atoms with van der Waals surface area (Å²) < 4.78 is 4.07. The zero-order valence-corrected chi connectivity index (χ0v) is 17.3. The second kappa shape index (κ2) is 5.25. The average molecular weight is 435 g/mol. The number of allylic oxidation sites excluding steroid dienone is 4. The molecule has 26 heavy (non-hydrogen) atoms. The maximum absolute atomic E-state index is 3.78. The third-order valence-electron chi connectivity index (χ3n) is 5.78. The molecular formula is C23H15BrS2. The predicted molar refractivity (Wildman–Crippen MR) is 117 cm³/mol. The quantitative estimate of drug-likeness (QED) is 0.441. The molecular weight excluding hydrogens is 420 g/mol. The first-order valence-electron chi connectivity index (χ1n) is 8.78. The first-order chi connectivity index (χ1) is 12.7. The lowest BCUT2D eigenvalue weighted by Crippen LogP contribution is -2.44. The van der Waals surface area contributed by atoms with Gasteiger partial charge in [-0.3, -0.25) is 0 Å². The fraction of sp³-hybridized carbons (Fsp3) is 0.130. The molecule has 2 aromatic carbocycles. The van der Waals surface area contributed by atoms with E-state index in [1.807, 2.05) is 23.1 Å². The molecule has 0 nitrogen and oxygen atoms in total. The molecule has 0 saturated heterocycles. The number of hydrogen-bond acceptors (Lipinski definition) is 2. The molecule has 0 amide bonds. The van der Waals surface area contributed by atoms with Crippen molar-refractivity contribution in [3.8, 4) is 0 Å². The molecule has 1 aliphatic heterocycles. The molecule has 0 fully saturated rings. The first-order valence-corrected chi connectivity index (χ1v) is 11.2. The van der Waals surface area contributed by atoms with Crippen molar-refractivity contribution in [3.63, 3.8) is 0 Å². The van der Waals surface area contributed by atoms with Crippen molar-refractivity contribution in [2.45, 2.75) is 16.6 Å². The molecule has 2 unspecified atom stereocenters. The van der Waals surface area contributed by atoms with E-state index >= 15 is 0 Å². The Labute approximate surface area is 168 Å². The molecule has 0 saturated carbocycles. The van der Waals surface area contributed by atoms with Crippen molar-refractivity contribution in [3.05, 3.63) is 86.6 Å². The Bertz CT molecular complexity index is 1290. The maximum atomic E-state index is 3.78. The van der Waals surface area contributed by atoms with E-state index in [0.29, 0.717) is 5.92 Å². The number of halogens is 1. The number of thioether (sulfide) groups is 1. The van der Waals surface area contributed by atoms with E-state index in [1.54, 1.807) is 0 Å². The van der Waals surface area contributed by atoms with Gasteiger partial charge in [-0.05, 0) is 51.7 Å². The van der Waals surface area contributed by atoms with Crippen molar-refractivity contribution in [1.82, 2.24) is 0 Å². The van der Waals surface area contributed by atoms with Gasteiger partial charge < -0.3 is 0 Å². The summed E-state index contributed by atoms with van der Waals surface area (Å²) in [4.78, 5) is 1.41. The smallest absolute Gasteiger partial charge is 0.0551 e. The van der Waals surface area contributed by atoms with Crippen LogP contribution in [0.1, 0.15) is 12.5 Å². The summed E-state index contributed by atoms with van der Waals surface area (Å²) in [5, 5.41) is 2.82. The van der Waals surface area contributed by atoms with E-state index in [9.17, 15) is 0 Å². The Kier molecular flexibility index (Phi) is 3.13. The minimum absolute atomic E-state index is 0.0562. The van der Waals surface area contributed by atoms with Crippen LogP contribution in [-0.4, -0.2) is 4.75 Å². The van der Waals surface area contributed by atoms with Crippen molar-refractivity contribution >= 4 is 60.3 Å². The van der Waals surface area contributed by atoms with Crippen LogP contribution in [0, 0.1) is 5.92 Å². The van der Waals surface area contributed by atoms with Gasteiger partial charge in [0.2, 0.25) is 0 Å². The molecule has 0 N–H and O–H groups in total. The molecule has 6 rings (SSSR count). The Hall–Kier alpha value is -1.55. The van der Waals surface area contributed by atoms with Crippen molar-refractivity contribution in [2.75, 3.05) is 0 Å². The molecule has 2 atom stereocenters. The third kappa shape index (κ3) is 1.81. The summed E-state index contributed by atoms with van der Waals surface area (Å²) in [7, 11) is 0. The maximum Gasteiger partial charge on any atom is 0.0551 e. The van der Waals surface area contributed by atoms with E-state index in [0.717, 1.165) is 0 Å². The lowest BCUT2D eigenvalue weighted by molar-refractivity contribution is 0.693. The topological polar surface area (TPSA) is 0 Å². The second-order valence-corrected chi connectivity index (χ2v) is 10.5. The largest absolute Gasteiger partial charge is 0.134 e. The molecule has 3 heteroatoms. The van der Waals surface area contributed by atoms with Crippen LogP contribution >= 0.6 is 39.0 Å². The lowest BCUT2D eigenvalue weighted by Gasteiger charge is -2.37. The van der Waals surface area contributed by atoms with Crippen LogP contribution in [0.15, 0.2) is 76.1 Å². The van der Waals surface area contributed by atoms with E-state index in [2.05, 4.69) is 89.6 Å². The summed E-state index contributed by atoms with van der Waals surface area (Å²) >= 11 is 7.77. The summed E-state index contributed by atoms with van der Waals surface area (Å²) in [6, 6.07) is 15.5. The highest BCUT2D eigenvalue weighted by Crippen LogP contribution is 2.58. The van der Waals surface area contributed by atoms with Gasteiger partial charge in [0.25, 0.3) is 0 Å². The number of thiophene rings is 1. The van der Waals surface area contributed by atoms with E-state index in [1.165, 1.54) is 45.9 Å². The second-order valence-electron chi connectivity index (χ2n) is 7.18. The van der Waals surface area contributed by atoms with Crippen LogP contribution < -0.4 is 9.75 Å². The minimum Gasteiger partial charge on any atom is -0.134 e. The van der Waals surface area contributed by atoms with Gasteiger partial charge in [0.15, 0.2) is 0 Å². The highest BCUT2D eigenvalue weighted by atomic mass is 79.9. The molecule has 126 valence electrons. The van der Waals surface area contributed by atoms with Gasteiger partial charge in [-0.25, -0.2) is 0 Å². The SMILES string of the molecule is CC12Sc3ccccc3C1=c1sc3c(Br)cccc3c1=C1C=CC=CC12. The Morgan fingerprint density at radius 3 is 2.85 bits per heavy atom. The van der Waals surface area contributed by atoms with Crippen molar-refractivity contribution < 1.29 is 0 Å². The zero-order chi connectivity index (χ0) is 17.5. The average Bonchev–Trinajstić information content (AvgIpc) is 3.18. The Morgan fingerprint density at radius 1 is 1.04 bits per heavy atom. The highest BCUT2D eigenvalue weighted by molar-refractivity contribution is 9.10. The predicted octanol–water partition coefficient (Wildman–Crippen LogP) is 5.63. The number of hydrogen-bond donors (Lipinski definition) is 0. The van der Waals surface area contributed by atoms with Gasteiger partial charge in [-0.1, -0.05) is 54.6 Å². The van der Waals surface area contributed by atoms with Gasteiger partial charge in [0.1, 0.15) is 0 Å². The molecule has 3 aliphatic rings. The van der Waals surface area contributed by atoms with Gasteiger partial charge in [0.05, 0.1) is 4.75 Å². The van der Waals surface area contributed by atoms with Crippen LogP contribution in [0.25, 0.3) is 21.2 Å². The molecule has 1 aromatic heterocycles. The fourth-order valence-corrected chi connectivity index (χ4v) is 8.29. The summed E-state index contributed by atoms with van der Waals surface area (Å²) in [5.74, 6) is 0.407. The van der Waals surface area contributed by atoms with Crippen molar-refractivity contribution in [2.24, 2.45) is 5.92 Å². The lowest BCUT2D eigenvalue weighted by atomic mass is 9.74. The van der Waals surface area contributed by atoms with Gasteiger partial charge in [-0.2, -0.15) is 0 Å². The molecule has 0 spiro atoms. The summed E-state index contributed by atoms with van der Waals surface area (Å²) in [6.07, 6.45) is 9.15. The number of rotatable bonds is 0. The molecule has 0 radical (unpaired) electrons. The summed E-state index contributed by atoms with van der Waals surface area (Å²) in [6.45, 7) is 2.43. The van der Waals surface area contributed by atoms with Gasteiger partial charge >= 0.3 is 0 Å².